The first kappa shape index (κ1) is 13.0. The standard InChI is InChI=1S/C18H6O6/c19-15-9-3-1-7-5-8-2-4-10-14(18(22)24-16(10)20)12(8)6-11(7)13(9)17(21)23-15/h1-6H. The van der Waals surface area contributed by atoms with E-state index in [-0.39, 0.29) is 21.5 Å². The first-order chi connectivity index (χ1) is 11.5. The molecule has 0 fully saturated rings. The third-order valence-corrected chi connectivity index (χ3v) is 4.38. The van der Waals surface area contributed by atoms with E-state index in [1.165, 1.54) is 0 Å². The Morgan fingerprint density at radius 2 is 0.958 bits per heavy atom. The van der Waals surface area contributed by atoms with Gasteiger partial charge in [0.15, 0.2) is 0 Å². The van der Waals surface area contributed by atoms with Crippen molar-refractivity contribution in [2.24, 2.45) is 0 Å². The second-order valence-corrected chi connectivity index (χ2v) is 5.62. The molecule has 6 nitrogen and oxygen atoms in total. The van der Waals surface area contributed by atoms with E-state index in [2.05, 4.69) is 8.83 Å². The zero-order valence-corrected chi connectivity index (χ0v) is 11.9. The molecule has 0 radical (unpaired) electrons. The van der Waals surface area contributed by atoms with Crippen molar-refractivity contribution < 1.29 is 8.83 Å². The van der Waals surface area contributed by atoms with Gasteiger partial charge in [0.1, 0.15) is 0 Å². The van der Waals surface area contributed by atoms with Crippen LogP contribution in [0.4, 0.5) is 0 Å². The highest BCUT2D eigenvalue weighted by Crippen LogP contribution is 2.29. The van der Waals surface area contributed by atoms with Crippen molar-refractivity contribution in [3.63, 3.8) is 0 Å². The van der Waals surface area contributed by atoms with Gasteiger partial charge in [-0.3, -0.25) is 0 Å². The Hall–Kier alpha value is -3.54. The summed E-state index contributed by atoms with van der Waals surface area (Å²) in [5.74, 6) is 0. The molecule has 0 N–H and O–H groups in total. The van der Waals surface area contributed by atoms with E-state index in [4.69, 9.17) is 0 Å². The normalized spacial score (nSPS) is 12.0. The van der Waals surface area contributed by atoms with Gasteiger partial charge >= 0.3 is 22.5 Å². The highest BCUT2D eigenvalue weighted by molar-refractivity contribution is 6.16. The molecule has 0 saturated heterocycles. The van der Waals surface area contributed by atoms with E-state index in [9.17, 15) is 19.2 Å². The van der Waals surface area contributed by atoms with E-state index >= 15 is 0 Å². The van der Waals surface area contributed by atoms with Crippen molar-refractivity contribution in [2.45, 2.75) is 0 Å². The fourth-order valence-corrected chi connectivity index (χ4v) is 3.31. The molecular weight excluding hydrogens is 312 g/mol. The summed E-state index contributed by atoms with van der Waals surface area (Å²) in [6, 6.07) is 9.93. The van der Waals surface area contributed by atoms with Gasteiger partial charge in [0, 0.05) is 0 Å². The van der Waals surface area contributed by atoms with E-state index in [0.29, 0.717) is 10.8 Å². The number of fused-ring (bicyclic) bond motifs is 6. The summed E-state index contributed by atoms with van der Waals surface area (Å²) in [5.41, 5.74) is -2.81. The minimum atomic E-state index is -0.717. The lowest BCUT2D eigenvalue weighted by atomic mass is 9.98. The first-order valence-electron chi connectivity index (χ1n) is 7.11. The molecule has 5 rings (SSSR count). The van der Waals surface area contributed by atoms with E-state index < -0.39 is 22.5 Å². The Kier molecular flexibility index (Phi) is 2.19. The first-order valence-corrected chi connectivity index (χ1v) is 7.11. The maximum Gasteiger partial charge on any atom is 0.347 e. The molecule has 2 aromatic heterocycles. The predicted octanol–water partition coefficient (Wildman–Crippen LogP) is 1.80. The lowest BCUT2D eigenvalue weighted by Gasteiger charge is -2.03. The average Bonchev–Trinajstić information content (AvgIpc) is 3.02. The zero-order valence-electron chi connectivity index (χ0n) is 11.9. The second-order valence-electron chi connectivity index (χ2n) is 5.62. The molecule has 2 heterocycles. The molecular formula is C18H6O6. The molecule has 0 aliphatic heterocycles. The van der Waals surface area contributed by atoms with Crippen molar-refractivity contribution in [1.29, 1.82) is 0 Å². The highest BCUT2D eigenvalue weighted by atomic mass is 16.4. The molecule has 0 aliphatic rings. The van der Waals surface area contributed by atoms with Crippen LogP contribution in [0.5, 0.6) is 0 Å². The van der Waals surface area contributed by atoms with Crippen LogP contribution >= 0.6 is 0 Å². The Balaban J connectivity index is 2.15. The summed E-state index contributed by atoms with van der Waals surface area (Å²) >= 11 is 0. The smallest absolute Gasteiger partial charge is 0.347 e. The van der Waals surface area contributed by atoms with Gasteiger partial charge in [-0.05, 0) is 45.8 Å². The van der Waals surface area contributed by atoms with Crippen molar-refractivity contribution in [3.05, 3.63) is 78.1 Å². The zero-order chi connectivity index (χ0) is 16.6. The minimum Gasteiger partial charge on any atom is -0.386 e. The van der Waals surface area contributed by atoms with E-state index in [0.717, 1.165) is 10.8 Å². The summed E-state index contributed by atoms with van der Waals surface area (Å²) in [5, 5.41) is 3.18. The van der Waals surface area contributed by atoms with Crippen LogP contribution in [-0.4, -0.2) is 0 Å². The summed E-state index contributed by atoms with van der Waals surface area (Å²) < 4.78 is 9.32. The summed E-state index contributed by atoms with van der Waals surface area (Å²) in [4.78, 5) is 47.4. The fraction of sp³-hybridized carbons (Fsp3) is 0. The molecule has 0 atom stereocenters. The van der Waals surface area contributed by atoms with Crippen LogP contribution in [-0.2, 0) is 0 Å². The molecule has 0 amide bonds. The van der Waals surface area contributed by atoms with Gasteiger partial charge in [-0.25, -0.2) is 19.2 Å². The number of hydrogen-bond acceptors (Lipinski definition) is 6. The lowest BCUT2D eigenvalue weighted by molar-refractivity contribution is 0.500. The Labute approximate surface area is 130 Å². The number of hydrogen-bond donors (Lipinski definition) is 0. The molecule has 0 bridgehead atoms. The van der Waals surface area contributed by atoms with Crippen molar-refractivity contribution in [3.8, 4) is 0 Å². The fourth-order valence-electron chi connectivity index (χ4n) is 3.31. The van der Waals surface area contributed by atoms with Crippen LogP contribution in [0.2, 0.25) is 0 Å². The third-order valence-electron chi connectivity index (χ3n) is 4.38. The van der Waals surface area contributed by atoms with E-state index in [1.807, 2.05) is 0 Å². The summed E-state index contributed by atoms with van der Waals surface area (Å²) in [6.07, 6.45) is 0. The highest BCUT2D eigenvalue weighted by Gasteiger charge is 2.16. The third kappa shape index (κ3) is 1.44. The molecule has 6 heteroatoms. The number of rotatable bonds is 0. The number of furan rings is 2. The topological polar surface area (TPSA) is 94.6 Å². The van der Waals surface area contributed by atoms with Gasteiger partial charge in [-0.1, -0.05) is 12.1 Å². The quantitative estimate of drug-likeness (QED) is 0.404. The van der Waals surface area contributed by atoms with Gasteiger partial charge in [-0.15, -0.1) is 0 Å². The van der Waals surface area contributed by atoms with Crippen LogP contribution in [0.3, 0.4) is 0 Å². The average molecular weight is 318 g/mol. The Morgan fingerprint density at radius 1 is 0.500 bits per heavy atom. The molecule has 0 saturated carbocycles. The van der Waals surface area contributed by atoms with Crippen LogP contribution < -0.4 is 22.5 Å². The van der Waals surface area contributed by atoms with Crippen molar-refractivity contribution >= 4 is 43.1 Å². The molecule has 24 heavy (non-hydrogen) atoms. The van der Waals surface area contributed by atoms with Crippen molar-refractivity contribution in [1.82, 2.24) is 0 Å². The lowest BCUT2D eigenvalue weighted by Crippen LogP contribution is -1.95. The molecule has 0 unspecified atom stereocenters. The Bertz CT molecular complexity index is 1410. The van der Waals surface area contributed by atoms with E-state index in [1.54, 1.807) is 36.4 Å². The van der Waals surface area contributed by atoms with Crippen molar-refractivity contribution in [2.75, 3.05) is 0 Å². The van der Waals surface area contributed by atoms with Crippen LogP contribution in [0.15, 0.2) is 64.4 Å². The number of benzene rings is 3. The maximum atomic E-state index is 12.0. The van der Waals surface area contributed by atoms with Crippen LogP contribution in [0.1, 0.15) is 0 Å². The maximum absolute atomic E-state index is 12.0. The molecule has 0 spiro atoms. The van der Waals surface area contributed by atoms with Gasteiger partial charge < -0.3 is 8.83 Å². The predicted molar refractivity (Wildman–Crippen MR) is 88.5 cm³/mol. The second kappa shape index (κ2) is 4.05. The van der Waals surface area contributed by atoms with Gasteiger partial charge in [0.05, 0.1) is 21.5 Å². The SMILES string of the molecule is O=c1oc(=O)c2c1ccc1cc3ccc4c(=O)oc(=O)c4c3cc12. The molecule has 114 valence electrons. The largest absolute Gasteiger partial charge is 0.386 e. The van der Waals surface area contributed by atoms with Crippen LogP contribution in [0, 0.1) is 0 Å². The summed E-state index contributed by atoms with van der Waals surface area (Å²) in [6.45, 7) is 0. The Morgan fingerprint density at radius 3 is 1.42 bits per heavy atom. The summed E-state index contributed by atoms with van der Waals surface area (Å²) in [7, 11) is 0. The van der Waals surface area contributed by atoms with Gasteiger partial charge in [0.2, 0.25) is 0 Å². The molecule has 3 aromatic carbocycles. The molecule has 0 aliphatic carbocycles. The molecule has 5 aromatic rings. The van der Waals surface area contributed by atoms with Crippen LogP contribution in [0.25, 0.3) is 43.1 Å². The monoisotopic (exact) mass is 318 g/mol. The minimum absolute atomic E-state index is 0.176. The van der Waals surface area contributed by atoms with Gasteiger partial charge in [-0.2, -0.15) is 0 Å². The van der Waals surface area contributed by atoms with Gasteiger partial charge in [0.25, 0.3) is 0 Å².